The maximum Gasteiger partial charge on any atom is 0.242 e. The number of aldehydes is 1. The maximum atomic E-state index is 11.7. The predicted octanol–water partition coefficient (Wildman–Crippen LogP) is 4.45. The number of hydrogen-bond donors (Lipinski definition) is 3. The molecule has 0 aliphatic carbocycles. The summed E-state index contributed by atoms with van der Waals surface area (Å²) in [6, 6.07) is 7.74. The predicted molar refractivity (Wildman–Crippen MR) is 164 cm³/mol. The number of benzene rings is 1. The Morgan fingerprint density at radius 3 is 2.03 bits per heavy atom. The Kier molecular flexibility index (Phi) is 28.1. The molecule has 9 nitrogen and oxygen atoms in total. The zero-order valence-electron chi connectivity index (χ0n) is 25.7. The van der Waals surface area contributed by atoms with Gasteiger partial charge in [-0.1, -0.05) is 67.0 Å². The third kappa shape index (κ3) is 18.2. The molecule has 39 heavy (non-hydrogen) atoms. The van der Waals surface area contributed by atoms with Gasteiger partial charge in [-0.25, -0.2) is 0 Å². The number of nitrogens with zero attached hydrogens (tertiary/aromatic N) is 1. The number of carbonyl (C=O) groups excluding carboxylic acids is 5. The number of likely N-dealkylation sites (N-methyl/N-ethyl adjacent to an activating group) is 1. The highest BCUT2D eigenvalue weighted by Gasteiger charge is 2.37. The molecule has 1 saturated heterocycles. The van der Waals surface area contributed by atoms with Crippen molar-refractivity contribution < 1.29 is 24.0 Å². The molecular weight excluding hydrogens is 516 g/mol. The molecular formula is C29H52N4O5S. The van der Waals surface area contributed by atoms with Crippen LogP contribution in [0.5, 0.6) is 0 Å². The van der Waals surface area contributed by atoms with Gasteiger partial charge in [0.25, 0.3) is 0 Å². The molecule has 1 fully saturated rings. The van der Waals surface area contributed by atoms with E-state index in [2.05, 4.69) is 36.7 Å². The molecule has 10 heteroatoms. The first-order valence-electron chi connectivity index (χ1n) is 13.8. The number of amides is 4. The summed E-state index contributed by atoms with van der Waals surface area (Å²) in [5.74, 6) is -0.824. The Balaban J connectivity index is -0.000000543. The Morgan fingerprint density at radius 2 is 1.62 bits per heavy atom. The van der Waals surface area contributed by atoms with Gasteiger partial charge in [0.05, 0.1) is 17.8 Å². The van der Waals surface area contributed by atoms with E-state index in [1.54, 1.807) is 13.3 Å². The molecule has 1 aliphatic rings. The van der Waals surface area contributed by atoms with Crippen molar-refractivity contribution in [1.29, 1.82) is 0 Å². The number of likely N-dealkylation sites (tertiary alicyclic amines) is 1. The SMILES string of the molecule is CC.CC.CCC.CCc1ccc(NC(=O)C(C)NC)cc1.CSC1CC(=O)N(CCC(=O)NCC=O)C1=O. The highest BCUT2D eigenvalue weighted by atomic mass is 32.2. The first kappa shape index (κ1) is 40.8. The molecule has 0 aromatic heterocycles. The molecule has 2 atom stereocenters. The second kappa shape index (κ2) is 26.9. The van der Waals surface area contributed by atoms with Gasteiger partial charge in [-0.2, -0.15) is 11.8 Å². The van der Waals surface area contributed by atoms with E-state index in [9.17, 15) is 24.0 Å². The van der Waals surface area contributed by atoms with Crippen LogP contribution in [0.25, 0.3) is 0 Å². The Hall–Kier alpha value is -2.72. The molecule has 1 aliphatic heterocycles. The lowest BCUT2D eigenvalue weighted by molar-refractivity contribution is -0.138. The third-order valence-electron chi connectivity index (χ3n) is 4.89. The summed E-state index contributed by atoms with van der Waals surface area (Å²) in [5, 5.41) is 7.77. The van der Waals surface area contributed by atoms with E-state index in [1.165, 1.54) is 23.7 Å². The van der Waals surface area contributed by atoms with Gasteiger partial charge < -0.3 is 20.7 Å². The largest absolute Gasteiger partial charge is 0.349 e. The maximum absolute atomic E-state index is 11.7. The lowest BCUT2D eigenvalue weighted by atomic mass is 10.1. The minimum absolute atomic E-state index is 0.0123. The molecule has 0 spiro atoms. The third-order valence-corrected chi connectivity index (χ3v) is 5.83. The number of anilines is 1. The lowest BCUT2D eigenvalue weighted by Gasteiger charge is -2.13. The van der Waals surface area contributed by atoms with Crippen molar-refractivity contribution in [3.8, 4) is 0 Å². The van der Waals surface area contributed by atoms with Crippen LogP contribution in [0.2, 0.25) is 0 Å². The van der Waals surface area contributed by atoms with E-state index in [0.29, 0.717) is 6.29 Å². The molecule has 3 N–H and O–H groups in total. The number of carbonyl (C=O) groups is 5. The normalized spacial score (nSPS) is 14.0. The monoisotopic (exact) mass is 568 g/mol. The summed E-state index contributed by atoms with van der Waals surface area (Å²) >= 11 is 1.34. The fourth-order valence-electron chi connectivity index (χ4n) is 2.73. The van der Waals surface area contributed by atoms with E-state index < -0.39 is 0 Å². The zero-order valence-corrected chi connectivity index (χ0v) is 26.5. The Morgan fingerprint density at radius 1 is 1.08 bits per heavy atom. The van der Waals surface area contributed by atoms with Crippen LogP contribution in [-0.2, 0) is 30.4 Å². The lowest BCUT2D eigenvalue weighted by Crippen LogP contribution is -2.35. The topological polar surface area (TPSA) is 125 Å². The average Bonchev–Trinajstić information content (AvgIpc) is 3.25. The molecule has 4 amide bonds. The van der Waals surface area contributed by atoms with Crippen LogP contribution in [0.4, 0.5) is 5.69 Å². The molecule has 2 rings (SSSR count). The first-order chi connectivity index (χ1) is 18.7. The fourth-order valence-corrected chi connectivity index (χ4v) is 3.37. The van der Waals surface area contributed by atoms with Crippen LogP contribution < -0.4 is 16.0 Å². The summed E-state index contributed by atoms with van der Waals surface area (Å²) in [7, 11) is 1.77. The van der Waals surface area contributed by atoms with Crippen LogP contribution in [0, 0.1) is 0 Å². The van der Waals surface area contributed by atoms with E-state index in [-0.39, 0.29) is 60.9 Å². The smallest absolute Gasteiger partial charge is 0.242 e. The average molecular weight is 569 g/mol. The summed E-state index contributed by atoms with van der Waals surface area (Å²) < 4.78 is 0. The van der Waals surface area contributed by atoms with Gasteiger partial charge in [-0.05, 0) is 44.3 Å². The van der Waals surface area contributed by atoms with E-state index in [0.717, 1.165) is 17.0 Å². The Bertz CT molecular complexity index is 818. The van der Waals surface area contributed by atoms with Gasteiger partial charge in [0.15, 0.2) is 0 Å². The number of rotatable bonds is 10. The van der Waals surface area contributed by atoms with Gasteiger partial charge in [0.1, 0.15) is 6.29 Å². The van der Waals surface area contributed by atoms with Crippen molar-refractivity contribution >= 4 is 47.4 Å². The molecule has 1 aromatic carbocycles. The molecule has 1 heterocycles. The molecule has 224 valence electrons. The van der Waals surface area contributed by atoms with Crippen LogP contribution in [0.15, 0.2) is 24.3 Å². The summed E-state index contributed by atoms with van der Waals surface area (Å²) in [6.45, 7) is 16.2. The molecule has 2 unspecified atom stereocenters. The molecule has 0 saturated carbocycles. The second-order valence-corrected chi connectivity index (χ2v) is 8.83. The highest BCUT2D eigenvalue weighted by molar-refractivity contribution is 8.00. The van der Waals surface area contributed by atoms with Crippen LogP contribution >= 0.6 is 11.8 Å². The number of hydrogen-bond acceptors (Lipinski definition) is 7. The fraction of sp³-hybridized carbons (Fsp3) is 0.621. The van der Waals surface area contributed by atoms with Crippen molar-refractivity contribution in [2.75, 3.05) is 31.7 Å². The minimum Gasteiger partial charge on any atom is -0.349 e. The standard InChI is InChI=1S/C12H18N2O.C10H14N2O4S.C3H8.2C2H6/c1-4-10-5-7-11(8-6-10)14-12(15)9(2)13-3;1-17-7-6-9(15)12(10(7)16)4-2-8(14)11-3-5-13;1-3-2;2*1-2/h5-9,13H,4H2,1-3H3,(H,14,15);5,7H,2-4,6H2,1H3,(H,11,14);3H2,1-2H3;2*1-2H3. The highest BCUT2D eigenvalue weighted by Crippen LogP contribution is 2.22. The van der Waals surface area contributed by atoms with Gasteiger partial charge >= 0.3 is 0 Å². The minimum atomic E-state index is -0.342. The van der Waals surface area contributed by atoms with E-state index in [1.807, 2.05) is 58.9 Å². The van der Waals surface area contributed by atoms with Gasteiger partial charge in [-0.3, -0.25) is 24.1 Å². The van der Waals surface area contributed by atoms with Gasteiger partial charge in [0, 0.05) is 25.1 Å². The van der Waals surface area contributed by atoms with E-state index in [4.69, 9.17) is 0 Å². The van der Waals surface area contributed by atoms with Crippen molar-refractivity contribution in [1.82, 2.24) is 15.5 Å². The zero-order chi connectivity index (χ0) is 30.8. The number of nitrogens with one attached hydrogen (secondary N) is 3. The van der Waals surface area contributed by atoms with Crippen LogP contribution in [0.3, 0.4) is 0 Å². The summed E-state index contributed by atoms with van der Waals surface area (Å²) in [6.07, 6.45) is 4.85. The van der Waals surface area contributed by atoms with Crippen LogP contribution in [-0.4, -0.2) is 72.5 Å². The van der Waals surface area contributed by atoms with Gasteiger partial charge in [0.2, 0.25) is 23.6 Å². The molecule has 1 aromatic rings. The Labute approximate surface area is 240 Å². The number of thioether (sulfide) groups is 1. The molecule has 0 bridgehead atoms. The van der Waals surface area contributed by atoms with Crippen molar-refractivity contribution in [2.45, 2.75) is 92.4 Å². The summed E-state index contributed by atoms with van der Waals surface area (Å²) in [5.41, 5.74) is 2.12. The van der Waals surface area contributed by atoms with Crippen molar-refractivity contribution in [3.05, 3.63) is 29.8 Å². The second-order valence-electron chi connectivity index (χ2n) is 7.79. The summed E-state index contributed by atoms with van der Waals surface area (Å²) in [4.78, 5) is 57.0. The molecule has 0 radical (unpaired) electrons. The van der Waals surface area contributed by atoms with Crippen LogP contribution in [0.1, 0.15) is 80.2 Å². The van der Waals surface area contributed by atoms with E-state index >= 15 is 0 Å². The van der Waals surface area contributed by atoms with Crippen molar-refractivity contribution in [2.24, 2.45) is 0 Å². The first-order valence-corrected chi connectivity index (χ1v) is 15.1. The quantitative estimate of drug-likeness (QED) is 0.281. The number of aryl methyl sites for hydroxylation is 1. The van der Waals surface area contributed by atoms with Crippen molar-refractivity contribution in [3.63, 3.8) is 0 Å². The number of imide groups is 1. The van der Waals surface area contributed by atoms with Gasteiger partial charge in [-0.15, -0.1) is 0 Å².